The third-order valence-corrected chi connectivity index (χ3v) is 2.47. The molecule has 0 spiro atoms. The van der Waals surface area contributed by atoms with Crippen LogP contribution in [0.15, 0.2) is 35.6 Å². The topological polar surface area (TPSA) is 77.0 Å². The third-order valence-electron chi connectivity index (χ3n) is 2.47. The van der Waals surface area contributed by atoms with Crippen molar-refractivity contribution < 1.29 is 0 Å². The summed E-state index contributed by atoms with van der Waals surface area (Å²) in [6.07, 6.45) is 5.17. The molecule has 0 aromatic carbocycles. The lowest BCUT2D eigenvalue weighted by Crippen LogP contribution is -2.06. The molecule has 78 valence electrons. The number of hydrogen-bond donors (Lipinski definition) is 1. The summed E-state index contributed by atoms with van der Waals surface area (Å²) >= 11 is 0. The minimum absolute atomic E-state index is 0.0350. The molecule has 16 heavy (non-hydrogen) atoms. The van der Waals surface area contributed by atoms with Gasteiger partial charge in [0.05, 0.1) is 5.92 Å². The second-order valence-corrected chi connectivity index (χ2v) is 3.51. The van der Waals surface area contributed by atoms with Crippen molar-refractivity contribution in [2.24, 2.45) is 4.99 Å². The van der Waals surface area contributed by atoms with E-state index in [-0.39, 0.29) is 5.92 Å². The molecule has 1 unspecified atom stereocenters. The second kappa shape index (κ2) is 3.37. The summed E-state index contributed by atoms with van der Waals surface area (Å²) in [5, 5.41) is 0. The fraction of sp³-hybridized carbons (Fsp3) is 0.0909. The number of anilines is 1. The fourth-order valence-corrected chi connectivity index (χ4v) is 1.73. The summed E-state index contributed by atoms with van der Waals surface area (Å²) in [7, 11) is 0. The van der Waals surface area contributed by atoms with E-state index in [0.717, 1.165) is 11.4 Å². The predicted octanol–water partition coefficient (Wildman–Crippen LogP) is 1.30. The SMILES string of the molecule is Nc1ccnc(C2C=Nc3ncccc32)n1. The molecule has 3 heterocycles. The maximum atomic E-state index is 5.63. The van der Waals surface area contributed by atoms with Crippen molar-refractivity contribution >= 4 is 17.9 Å². The van der Waals surface area contributed by atoms with Gasteiger partial charge in [-0.2, -0.15) is 0 Å². The lowest BCUT2D eigenvalue weighted by atomic mass is 10.0. The smallest absolute Gasteiger partial charge is 0.155 e. The van der Waals surface area contributed by atoms with Gasteiger partial charge >= 0.3 is 0 Å². The van der Waals surface area contributed by atoms with Gasteiger partial charge in [0.15, 0.2) is 5.82 Å². The van der Waals surface area contributed by atoms with Crippen LogP contribution in [-0.2, 0) is 0 Å². The molecule has 0 amide bonds. The van der Waals surface area contributed by atoms with Crippen molar-refractivity contribution in [1.29, 1.82) is 0 Å². The van der Waals surface area contributed by atoms with E-state index in [9.17, 15) is 0 Å². The highest BCUT2D eigenvalue weighted by Crippen LogP contribution is 2.32. The number of aromatic nitrogens is 3. The van der Waals surface area contributed by atoms with Crippen LogP contribution in [0.2, 0.25) is 0 Å². The molecule has 2 aromatic heterocycles. The summed E-state index contributed by atoms with van der Waals surface area (Å²) < 4.78 is 0. The molecule has 0 saturated carbocycles. The molecular formula is C11H9N5. The Morgan fingerprint density at radius 1 is 1.12 bits per heavy atom. The van der Waals surface area contributed by atoms with Crippen molar-refractivity contribution in [2.45, 2.75) is 5.92 Å². The number of hydrogen-bond acceptors (Lipinski definition) is 5. The minimum Gasteiger partial charge on any atom is -0.384 e. The average Bonchev–Trinajstić information content (AvgIpc) is 2.72. The molecule has 5 heteroatoms. The van der Waals surface area contributed by atoms with E-state index in [1.807, 2.05) is 12.1 Å². The lowest BCUT2D eigenvalue weighted by molar-refractivity contribution is 0.938. The molecule has 0 bridgehead atoms. The number of nitrogens with two attached hydrogens (primary N) is 1. The first kappa shape index (κ1) is 8.96. The van der Waals surface area contributed by atoms with Gasteiger partial charge in [-0.15, -0.1) is 0 Å². The Balaban J connectivity index is 2.08. The van der Waals surface area contributed by atoms with Crippen LogP contribution in [0.3, 0.4) is 0 Å². The van der Waals surface area contributed by atoms with Crippen molar-refractivity contribution in [1.82, 2.24) is 15.0 Å². The summed E-state index contributed by atoms with van der Waals surface area (Å²) in [5.74, 6) is 1.83. The maximum Gasteiger partial charge on any atom is 0.155 e. The molecule has 0 aliphatic carbocycles. The van der Waals surface area contributed by atoms with Gasteiger partial charge in [-0.3, -0.25) is 0 Å². The molecule has 0 fully saturated rings. The second-order valence-electron chi connectivity index (χ2n) is 3.51. The first-order valence-corrected chi connectivity index (χ1v) is 4.92. The van der Waals surface area contributed by atoms with Crippen LogP contribution in [0.4, 0.5) is 11.6 Å². The van der Waals surface area contributed by atoms with Crippen molar-refractivity contribution in [3.8, 4) is 0 Å². The van der Waals surface area contributed by atoms with Crippen molar-refractivity contribution in [3.63, 3.8) is 0 Å². The molecule has 3 rings (SSSR count). The Bertz CT molecular complexity index is 564. The first-order chi connectivity index (χ1) is 7.84. The first-order valence-electron chi connectivity index (χ1n) is 4.92. The number of fused-ring (bicyclic) bond motifs is 1. The lowest BCUT2D eigenvalue weighted by Gasteiger charge is -2.07. The van der Waals surface area contributed by atoms with Crippen LogP contribution in [0.5, 0.6) is 0 Å². The van der Waals surface area contributed by atoms with E-state index in [4.69, 9.17) is 5.73 Å². The Labute approximate surface area is 92.1 Å². The van der Waals surface area contributed by atoms with Gasteiger partial charge in [-0.25, -0.2) is 19.9 Å². The van der Waals surface area contributed by atoms with Crippen LogP contribution < -0.4 is 5.73 Å². The van der Waals surface area contributed by atoms with E-state index in [2.05, 4.69) is 19.9 Å². The zero-order valence-electron chi connectivity index (χ0n) is 8.41. The standard InChI is InChI=1S/C11H9N5/c12-9-3-5-14-11(16-9)8-6-15-10-7(8)2-1-4-13-10/h1-6,8H,(H2,12,14,16). The Morgan fingerprint density at radius 3 is 2.94 bits per heavy atom. The van der Waals surface area contributed by atoms with Crippen LogP contribution >= 0.6 is 0 Å². The highest BCUT2D eigenvalue weighted by molar-refractivity contribution is 5.81. The van der Waals surface area contributed by atoms with E-state index in [1.165, 1.54) is 0 Å². The molecule has 0 saturated heterocycles. The van der Waals surface area contributed by atoms with Crippen LogP contribution in [0.25, 0.3) is 0 Å². The molecule has 1 atom stereocenters. The Hall–Kier alpha value is -2.30. The fourth-order valence-electron chi connectivity index (χ4n) is 1.73. The van der Waals surface area contributed by atoms with E-state index in [0.29, 0.717) is 11.6 Å². The van der Waals surface area contributed by atoms with Gasteiger partial charge in [-0.1, -0.05) is 6.07 Å². The minimum atomic E-state index is -0.0350. The van der Waals surface area contributed by atoms with Gasteiger partial charge in [0.1, 0.15) is 11.6 Å². The molecule has 5 nitrogen and oxygen atoms in total. The van der Waals surface area contributed by atoms with Crippen molar-refractivity contribution in [2.75, 3.05) is 5.73 Å². The van der Waals surface area contributed by atoms with E-state index >= 15 is 0 Å². The summed E-state index contributed by atoms with van der Waals surface area (Å²) in [6, 6.07) is 5.53. The predicted molar refractivity (Wildman–Crippen MR) is 60.7 cm³/mol. The van der Waals surface area contributed by atoms with Crippen LogP contribution in [0, 0.1) is 0 Å². The van der Waals surface area contributed by atoms with Crippen LogP contribution in [-0.4, -0.2) is 21.2 Å². The Morgan fingerprint density at radius 2 is 2.06 bits per heavy atom. The largest absolute Gasteiger partial charge is 0.384 e. The number of nitrogen functional groups attached to an aromatic ring is 1. The van der Waals surface area contributed by atoms with Crippen molar-refractivity contribution in [3.05, 3.63) is 42.0 Å². The molecule has 1 aliphatic heterocycles. The molecular weight excluding hydrogens is 202 g/mol. The zero-order chi connectivity index (χ0) is 11.0. The number of aliphatic imine (C=N–C) groups is 1. The average molecular weight is 211 g/mol. The van der Waals surface area contributed by atoms with E-state index in [1.54, 1.807) is 24.7 Å². The zero-order valence-corrected chi connectivity index (χ0v) is 8.41. The van der Waals surface area contributed by atoms with Gasteiger partial charge in [-0.05, 0) is 12.1 Å². The normalized spacial score (nSPS) is 17.4. The molecule has 2 N–H and O–H groups in total. The molecule has 0 radical (unpaired) electrons. The van der Waals surface area contributed by atoms with E-state index < -0.39 is 0 Å². The van der Waals surface area contributed by atoms with Gasteiger partial charge in [0, 0.05) is 24.2 Å². The molecule has 1 aliphatic rings. The number of rotatable bonds is 1. The van der Waals surface area contributed by atoms with Crippen LogP contribution in [0.1, 0.15) is 17.3 Å². The van der Waals surface area contributed by atoms with Gasteiger partial charge in [0.25, 0.3) is 0 Å². The summed E-state index contributed by atoms with van der Waals surface area (Å²) in [5.41, 5.74) is 6.66. The summed E-state index contributed by atoms with van der Waals surface area (Å²) in [4.78, 5) is 16.8. The summed E-state index contributed by atoms with van der Waals surface area (Å²) in [6.45, 7) is 0. The number of nitrogens with zero attached hydrogens (tertiary/aromatic N) is 4. The Kier molecular flexibility index (Phi) is 1.89. The van der Waals surface area contributed by atoms with Gasteiger partial charge < -0.3 is 5.73 Å². The van der Waals surface area contributed by atoms with Gasteiger partial charge in [0.2, 0.25) is 0 Å². The highest BCUT2D eigenvalue weighted by Gasteiger charge is 2.23. The maximum absolute atomic E-state index is 5.63. The molecule has 2 aromatic rings. The number of pyridine rings is 1. The third kappa shape index (κ3) is 1.33. The highest BCUT2D eigenvalue weighted by atomic mass is 15.0. The quantitative estimate of drug-likeness (QED) is 0.771. The monoisotopic (exact) mass is 211 g/mol.